The summed E-state index contributed by atoms with van der Waals surface area (Å²) in [5.41, 5.74) is 2.24. The average molecular weight is 156 g/mol. The van der Waals surface area contributed by atoms with Crippen molar-refractivity contribution in [2.75, 3.05) is 0 Å². The van der Waals surface area contributed by atoms with Gasteiger partial charge in [-0.05, 0) is 18.1 Å². The Bertz CT molecular complexity index is 210. The second kappa shape index (κ2) is 3.62. The van der Waals surface area contributed by atoms with Gasteiger partial charge >= 0.3 is 0 Å². The van der Waals surface area contributed by atoms with Gasteiger partial charge in [-0.3, -0.25) is 0 Å². The van der Waals surface area contributed by atoms with Crippen LogP contribution < -0.4 is 0 Å². The van der Waals surface area contributed by atoms with E-state index in [-0.39, 0.29) is 0 Å². The molecule has 0 aliphatic heterocycles. The summed E-state index contributed by atoms with van der Waals surface area (Å²) in [5, 5.41) is 0. The van der Waals surface area contributed by atoms with E-state index in [0.717, 1.165) is 11.1 Å². The van der Waals surface area contributed by atoms with Gasteiger partial charge in [0, 0.05) is 12.1 Å². The third-order valence-electron chi connectivity index (χ3n) is 1.47. The molecule has 0 N–H and O–H groups in total. The fraction of sp³-hybridized carbons (Fsp3) is 0.250. The van der Waals surface area contributed by atoms with E-state index in [1.54, 1.807) is 0 Å². The van der Waals surface area contributed by atoms with Crippen LogP contribution in [0.4, 0.5) is 3.89 Å². The molecular weight excluding hydrogens is 147 g/mol. The Hall–Kier alpha value is -0.500. The number of benzene rings is 1. The molecule has 1 aromatic carbocycles. The molecule has 2 heteroatoms. The Kier molecular flexibility index (Phi) is 2.75. The lowest BCUT2D eigenvalue weighted by molar-refractivity contribution is 0.932. The molecule has 54 valence electrons. The minimum absolute atomic E-state index is 0.369. The normalized spacial score (nSPS) is 9.80. The van der Waals surface area contributed by atoms with Gasteiger partial charge in [-0.2, -0.15) is 3.89 Å². The summed E-state index contributed by atoms with van der Waals surface area (Å²) >= 11 is 0.369. The molecule has 1 rings (SSSR count). The predicted octanol–water partition coefficient (Wildman–Crippen LogP) is 3.11. The molecule has 0 amide bonds. The third kappa shape index (κ3) is 1.74. The van der Waals surface area contributed by atoms with Crippen LogP contribution in [0.25, 0.3) is 0 Å². The largest absolute Gasteiger partial charge is 0.165 e. The van der Waals surface area contributed by atoms with E-state index in [9.17, 15) is 3.89 Å². The molecule has 0 nitrogen and oxygen atoms in total. The molecule has 0 saturated heterocycles. The lowest BCUT2D eigenvalue weighted by atomic mass is 10.1. The van der Waals surface area contributed by atoms with E-state index in [2.05, 4.69) is 0 Å². The van der Waals surface area contributed by atoms with Crippen LogP contribution in [-0.4, -0.2) is 0 Å². The molecule has 0 aliphatic carbocycles. The molecular formula is C8H9FS. The maximum atomic E-state index is 11.8. The highest BCUT2D eigenvalue weighted by Gasteiger charge is 1.94. The molecule has 0 bridgehead atoms. The molecule has 0 unspecified atom stereocenters. The summed E-state index contributed by atoms with van der Waals surface area (Å²) in [7, 11) is 0. The van der Waals surface area contributed by atoms with Crippen LogP contribution in [0.1, 0.15) is 11.1 Å². The Morgan fingerprint density at radius 2 is 2.10 bits per heavy atom. The van der Waals surface area contributed by atoms with Crippen LogP contribution in [0.2, 0.25) is 0 Å². The number of hydrogen-bond acceptors (Lipinski definition) is 1. The Morgan fingerprint density at radius 3 is 2.70 bits per heavy atom. The molecule has 10 heavy (non-hydrogen) atoms. The first-order valence-corrected chi connectivity index (χ1v) is 4.01. The highest BCUT2D eigenvalue weighted by molar-refractivity contribution is 7.93. The molecule has 0 spiro atoms. The van der Waals surface area contributed by atoms with Gasteiger partial charge in [0.25, 0.3) is 0 Å². The SMILES string of the molecule is Cc1ccccc1CSF. The highest BCUT2D eigenvalue weighted by atomic mass is 32.2. The van der Waals surface area contributed by atoms with Crippen molar-refractivity contribution in [2.24, 2.45) is 0 Å². The molecule has 0 aromatic heterocycles. The van der Waals surface area contributed by atoms with Crippen LogP contribution in [0, 0.1) is 6.92 Å². The molecule has 0 heterocycles. The molecule has 0 saturated carbocycles. The smallest absolute Gasteiger partial charge is 0.0504 e. The first kappa shape index (κ1) is 7.61. The zero-order valence-electron chi connectivity index (χ0n) is 5.80. The van der Waals surface area contributed by atoms with Gasteiger partial charge in [-0.15, -0.1) is 0 Å². The standard InChI is InChI=1S/C8H9FS/c1-7-4-2-3-5-8(7)6-10-9/h2-5H,6H2,1H3. The third-order valence-corrected chi connectivity index (χ3v) is 1.89. The Labute approximate surface area is 64.7 Å². The zero-order valence-corrected chi connectivity index (χ0v) is 6.62. The van der Waals surface area contributed by atoms with Gasteiger partial charge in [-0.25, -0.2) is 0 Å². The summed E-state index contributed by atoms with van der Waals surface area (Å²) in [4.78, 5) is 0. The van der Waals surface area contributed by atoms with Crippen molar-refractivity contribution < 1.29 is 3.89 Å². The minimum atomic E-state index is 0.369. The first-order chi connectivity index (χ1) is 4.84. The van der Waals surface area contributed by atoms with E-state index in [1.807, 2.05) is 31.2 Å². The topological polar surface area (TPSA) is 0 Å². The maximum Gasteiger partial charge on any atom is 0.0504 e. The fourth-order valence-electron chi connectivity index (χ4n) is 0.831. The van der Waals surface area contributed by atoms with Crippen molar-refractivity contribution >= 4 is 12.1 Å². The number of hydrogen-bond donors (Lipinski definition) is 0. The summed E-state index contributed by atoms with van der Waals surface area (Å²) in [5.74, 6) is 0.465. The molecule has 0 fully saturated rings. The second-order valence-corrected chi connectivity index (χ2v) is 2.69. The predicted molar refractivity (Wildman–Crippen MR) is 43.6 cm³/mol. The molecule has 1 aromatic rings. The molecule has 0 aliphatic rings. The van der Waals surface area contributed by atoms with E-state index >= 15 is 0 Å². The van der Waals surface area contributed by atoms with Gasteiger partial charge in [-0.1, -0.05) is 24.3 Å². The van der Waals surface area contributed by atoms with E-state index in [4.69, 9.17) is 0 Å². The van der Waals surface area contributed by atoms with E-state index < -0.39 is 0 Å². The van der Waals surface area contributed by atoms with Crippen LogP contribution >= 0.6 is 12.1 Å². The summed E-state index contributed by atoms with van der Waals surface area (Å²) in [6.07, 6.45) is 0. The van der Waals surface area contributed by atoms with Gasteiger partial charge in [0.2, 0.25) is 0 Å². The highest BCUT2D eigenvalue weighted by Crippen LogP contribution is 2.15. The summed E-state index contributed by atoms with van der Waals surface area (Å²) < 4.78 is 11.8. The van der Waals surface area contributed by atoms with Crippen molar-refractivity contribution in [1.82, 2.24) is 0 Å². The van der Waals surface area contributed by atoms with Crippen molar-refractivity contribution in [2.45, 2.75) is 12.7 Å². The number of halogens is 1. The van der Waals surface area contributed by atoms with Gasteiger partial charge in [0.1, 0.15) is 0 Å². The van der Waals surface area contributed by atoms with Crippen LogP contribution in [0.5, 0.6) is 0 Å². The second-order valence-electron chi connectivity index (χ2n) is 2.18. The van der Waals surface area contributed by atoms with Crippen LogP contribution in [0.3, 0.4) is 0 Å². The zero-order chi connectivity index (χ0) is 7.40. The number of aryl methyl sites for hydroxylation is 1. The van der Waals surface area contributed by atoms with Crippen LogP contribution in [0.15, 0.2) is 24.3 Å². The summed E-state index contributed by atoms with van der Waals surface area (Å²) in [6.45, 7) is 1.99. The van der Waals surface area contributed by atoms with Crippen molar-refractivity contribution in [1.29, 1.82) is 0 Å². The Morgan fingerprint density at radius 1 is 1.40 bits per heavy atom. The maximum absolute atomic E-state index is 11.8. The lowest BCUT2D eigenvalue weighted by Crippen LogP contribution is -1.82. The van der Waals surface area contributed by atoms with Gasteiger partial charge < -0.3 is 0 Å². The first-order valence-electron chi connectivity index (χ1n) is 3.12. The average Bonchev–Trinajstić information content (AvgIpc) is 1.94. The fourth-order valence-corrected chi connectivity index (χ4v) is 1.27. The summed E-state index contributed by atoms with van der Waals surface area (Å²) in [6, 6.07) is 7.83. The molecule has 0 atom stereocenters. The van der Waals surface area contributed by atoms with Crippen molar-refractivity contribution in [3.05, 3.63) is 35.4 Å². The van der Waals surface area contributed by atoms with Crippen molar-refractivity contribution in [3.8, 4) is 0 Å². The van der Waals surface area contributed by atoms with E-state index in [1.165, 1.54) is 0 Å². The monoisotopic (exact) mass is 156 g/mol. The van der Waals surface area contributed by atoms with E-state index in [0.29, 0.717) is 17.9 Å². The van der Waals surface area contributed by atoms with Crippen molar-refractivity contribution in [3.63, 3.8) is 0 Å². The quantitative estimate of drug-likeness (QED) is 0.634. The van der Waals surface area contributed by atoms with Gasteiger partial charge in [0.15, 0.2) is 0 Å². The lowest BCUT2D eigenvalue weighted by Gasteiger charge is -1.99. The minimum Gasteiger partial charge on any atom is -0.165 e. The van der Waals surface area contributed by atoms with Gasteiger partial charge in [0.05, 0.1) is 5.75 Å². The molecule has 0 radical (unpaired) electrons. The Balaban J connectivity index is 2.81. The number of rotatable bonds is 2. The van der Waals surface area contributed by atoms with Crippen LogP contribution in [-0.2, 0) is 5.75 Å².